The standard InChI is InChI=1S/C12H10FN3/c1-9-2-3-11(13)6-10(9)8-16-5-4-15-12(16)7-14/h2-6H,8H2,1H3. The lowest BCUT2D eigenvalue weighted by atomic mass is 10.1. The van der Waals surface area contributed by atoms with E-state index >= 15 is 0 Å². The van der Waals surface area contributed by atoms with Crippen molar-refractivity contribution in [2.24, 2.45) is 0 Å². The summed E-state index contributed by atoms with van der Waals surface area (Å²) in [6.45, 7) is 2.38. The van der Waals surface area contributed by atoms with Crippen LogP contribution in [0.15, 0.2) is 30.6 Å². The number of benzene rings is 1. The number of nitriles is 1. The van der Waals surface area contributed by atoms with Gasteiger partial charge in [0.05, 0.1) is 6.54 Å². The molecule has 2 aromatic rings. The van der Waals surface area contributed by atoms with Crippen LogP contribution in [0.25, 0.3) is 0 Å². The van der Waals surface area contributed by atoms with Crippen LogP contribution in [0, 0.1) is 24.1 Å². The molecule has 0 unspecified atom stereocenters. The maximum Gasteiger partial charge on any atom is 0.213 e. The average Bonchev–Trinajstić information content (AvgIpc) is 2.71. The molecule has 2 rings (SSSR count). The maximum atomic E-state index is 13.1. The van der Waals surface area contributed by atoms with Gasteiger partial charge in [-0.25, -0.2) is 9.37 Å². The summed E-state index contributed by atoms with van der Waals surface area (Å²) in [6, 6.07) is 6.63. The summed E-state index contributed by atoms with van der Waals surface area (Å²) in [7, 11) is 0. The third-order valence-electron chi connectivity index (χ3n) is 2.47. The Kier molecular flexibility index (Phi) is 2.69. The molecule has 0 radical (unpaired) electrons. The third-order valence-corrected chi connectivity index (χ3v) is 2.47. The molecule has 0 fully saturated rings. The molecule has 0 aliphatic heterocycles. The Hall–Kier alpha value is -2.15. The first-order valence-corrected chi connectivity index (χ1v) is 4.87. The highest BCUT2D eigenvalue weighted by Gasteiger charge is 2.05. The topological polar surface area (TPSA) is 41.6 Å². The quantitative estimate of drug-likeness (QED) is 0.771. The van der Waals surface area contributed by atoms with E-state index in [1.165, 1.54) is 12.1 Å². The van der Waals surface area contributed by atoms with E-state index in [9.17, 15) is 4.39 Å². The molecule has 0 spiro atoms. The Bertz CT molecular complexity index is 552. The summed E-state index contributed by atoms with van der Waals surface area (Å²) in [5.74, 6) is 0.0721. The van der Waals surface area contributed by atoms with E-state index in [2.05, 4.69) is 4.98 Å². The summed E-state index contributed by atoms with van der Waals surface area (Å²) < 4.78 is 14.8. The molecule has 1 aromatic heterocycles. The van der Waals surface area contributed by atoms with E-state index in [0.717, 1.165) is 11.1 Å². The van der Waals surface area contributed by atoms with Gasteiger partial charge in [0, 0.05) is 12.4 Å². The van der Waals surface area contributed by atoms with Crippen molar-refractivity contribution < 1.29 is 4.39 Å². The fourth-order valence-corrected chi connectivity index (χ4v) is 1.54. The van der Waals surface area contributed by atoms with Gasteiger partial charge in [-0.2, -0.15) is 5.26 Å². The molecule has 0 atom stereocenters. The first-order valence-electron chi connectivity index (χ1n) is 4.87. The van der Waals surface area contributed by atoms with Crippen LogP contribution in [0.2, 0.25) is 0 Å². The van der Waals surface area contributed by atoms with Gasteiger partial charge in [-0.1, -0.05) is 6.07 Å². The second-order valence-corrected chi connectivity index (χ2v) is 3.56. The Morgan fingerprint density at radius 3 is 3.06 bits per heavy atom. The molecule has 0 N–H and O–H groups in total. The molecule has 0 aliphatic rings. The number of imidazole rings is 1. The van der Waals surface area contributed by atoms with Crippen LogP contribution in [-0.4, -0.2) is 9.55 Å². The van der Waals surface area contributed by atoms with Crippen molar-refractivity contribution in [1.82, 2.24) is 9.55 Å². The molecule has 0 saturated heterocycles. The van der Waals surface area contributed by atoms with E-state index in [0.29, 0.717) is 12.4 Å². The van der Waals surface area contributed by atoms with Gasteiger partial charge in [0.15, 0.2) is 0 Å². The molecule has 0 saturated carbocycles. The van der Waals surface area contributed by atoms with Gasteiger partial charge in [-0.15, -0.1) is 0 Å². The largest absolute Gasteiger partial charge is 0.318 e. The summed E-state index contributed by atoms with van der Waals surface area (Å²) in [5, 5.41) is 8.80. The van der Waals surface area contributed by atoms with Crippen LogP contribution in [-0.2, 0) is 6.54 Å². The molecule has 3 nitrogen and oxygen atoms in total. The van der Waals surface area contributed by atoms with Crippen molar-refractivity contribution in [3.63, 3.8) is 0 Å². The van der Waals surface area contributed by atoms with Crippen molar-refractivity contribution in [2.45, 2.75) is 13.5 Å². The first kappa shape index (κ1) is 10.4. The summed E-state index contributed by atoms with van der Waals surface area (Å²) in [5.41, 5.74) is 1.86. The molecular weight excluding hydrogens is 205 g/mol. The Labute approximate surface area is 92.8 Å². The lowest BCUT2D eigenvalue weighted by molar-refractivity contribution is 0.622. The monoisotopic (exact) mass is 215 g/mol. The maximum absolute atomic E-state index is 13.1. The Morgan fingerprint density at radius 2 is 2.31 bits per heavy atom. The fourth-order valence-electron chi connectivity index (χ4n) is 1.54. The zero-order chi connectivity index (χ0) is 11.5. The van der Waals surface area contributed by atoms with Crippen molar-refractivity contribution in [3.05, 3.63) is 53.4 Å². The summed E-state index contributed by atoms with van der Waals surface area (Å²) >= 11 is 0. The highest BCUT2D eigenvalue weighted by molar-refractivity contribution is 5.27. The zero-order valence-corrected chi connectivity index (χ0v) is 8.81. The fraction of sp³-hybridized carbons (Fsp3) is 0.167. The van der Waals surface area contributed by atoms with E-state index < -0.39 is 0 Å². The number of rotatable bonds is 2. The van der Waals surface area contributed by atoms with E-state index in [1.54, 1.807) is 23.0 Å². The minimum absolute atomic E-state index is 0.265. The second kappa shape index (κ2) is 4.15. The van der Waals surface area contributed by atoms with Crippen LogP contribution in [0.3, 0.4) is 0 Å². The molecule has 0 amide bonds. The van der Waals surface area contributed by atoms with Gasteiger partial charge in [0.25, 0.3) is 0 Å². The summed E-state index contributed by atoms with van der Waals surface area (Å²) in [6.07, 6.45) is 3.27. The molecule has 80 valence electrons. The average molecular weight is 215 g/mol. The highest BCUT2D eigenvalue weighted by atomic mass is 19.1. The van der Waals surface area contributed by atoms with Gasteiger partial charge in [0.2, 0.25) is 5.82 Å². The summed E-state index contributed by atoms with van der Waals surface area (Å²) in [4.78, 5) is 3.89. The number of hydrogen-bond acceptors (Lipinski definition) is 2. The number of aromatic nitrogens is 2. The van der Waals surface area contributed by atoms with Crippen molar-refractivity contribution in [1.29, 1.82) is 5.26 Å². The van der Waals surface area contributed by atoms with Crippen molar-refractivity contribution in [2.75, 3.05) is 0 Å². The minimum atomic E-state index is -0.265. The molecular formula is C12H10FN3. The Balaban J connectivity index is 2.34. The predicted octanol–water partition coefficient (Wildman–Crippen LogP) is 2.25. The normalized spacial score (nSPS) is 10.1. The lowest BCUT2D eigenvalue weighted by Crippen LogP contribution is -2.03. The number of hydrogen-bond donors (Lipinski definition) is 0. The van der Waals surface area contributed by atoms with E-state index in [-0.39, 0.29) is 5.82 Å². The van der Waals surface area contributed by atoms with Crippen LogP contribution in [0.1, 0.15) is 17.0 Å². The predicted molar refractivity (Wildman–Crippen MR) is 57.2 cm³/mol. The van der Waals surface area contributed by atoms with Gasteiger partial charge in [-0.05, 0) is 30.2 Å². The van der Waals surface area contributed by atoms with Crippen molar-refractivity contribution >= 4 is 0 Å². The lowest BCUT2D eigenvalue weighted by Gasteiger charge is -2.07. The smallest absolute Gasteiger partial charge is 0.213 e. The highest BCUT2D eigenvalue weighted by Crippen LogP contribution is 2.12. The van der Waals surface area contributed by atoms with Crippen LogP contribution < -0.4 is 0 Å². The van der Waals surface area contributed by atoms with Crippen LogP contribution in [0.4, 0.5) is 4.39 Å². The van der Waals surface area contributed by atoms with Crippen molar-refractivity contribution in [3.8, 4) is 6.07 Å². The van der Waals surface area contributed by atoms with Gasteiger partial charge in [0.1, 0.15) is 11.9 Å². The SMILES string of the molecule is Cc1ccc(F)cc1Cn1ccnc1C#N. The first-order chi connectivity index (χ1) is 7.70. The van der Waals surface area contributed by atoms with Gasteiger partial charge >= 0.3 is 0 Å². The zero-order valence-electron chi connectivity index (χ0n) is 8.81. The molecule has 16 heavy (non-hydrogen) atoms. The van der Waals surface area contributed by atoms with E-state index in [1.807, 2.05) is 13.0 Å². The number of aryl methyl sites for hydroxylation is 1. The molecule has 0 bridgehead atoms. The Morgan fingerprint density at radius 1 is 1.50 bits per heavy atom. The number of halogens is 1. The molecule has 4 heteroatoms. The molecule has 1 aromatic carbocycles. The molecule has 1 heterocycles. The second-order valence-electron chi connectivity index (χ2n) is 3.56. The third kappa shape index (κ3) is 1.94. The number of nitrogens with zero attached hydrogens (tertiary/aromatic N) is 3. The van der Waals surface area contributed by atoms with Crippen LogP contribution in [0.5, 0.6) is 0 Å². The van der Waals surface area contributed by atoms with E-state index in [4.69, 9.17) is 5.26 Å². The van der Waals surface area contributed by atoms with Gasteiger partial charge < -0.3 is 4.57 Å². The molecule has 0 aliphatic carbocycles. The van der Waals surface area contributed by atoms with Gasteiger partial charge in [-0.3, -0.25) is 0 Å². The van der Waals surface area contributed by atoms with Crippen LogP contribution >= 0.6 is 0 Å². The minimum Gasteiger partial charge on any atom is -0.318 e.